The Morgan fingerprint density at radius 2 is 1.79 bits per heavy atom. The van der Waals surface area contributed by atoms with E-state index in [1.54, 1.807) is 19.1 Å². The van der Waals surface area contributed by atoms with E-state index in [2.05, 4.69) is 4.98 Å². The Kier molecular flexibility index (Phi) is 3.55. The summed E-state index contributed by atoms with van der Waals surface area (Å²) in [7, 11) is 0. The van der Waals surface area contributed by atoms with Gasteiger partial charge in [0.05, 0.1) is 5.56 Å². The van der Waals surface area contributed by atoms with Crippen LogP contribution in [0.2, 0.25) is 0 Å². The predicted molar refractivity (Wildman–Crippen MR) is 64.2 cm³/mol. The Morgan fingerprint density at radius 1 is 1.05 bits per heavy atom. The fourth-order valence-electron chi connectivity index (χ4n) is 1.74. The molecule has 19 heavy (non-hydrogen) atoms. The minimum Gasteiger partial charge on any atom is -0.261 e. The Balaban J connectivity index is 2.54. The molecule has 5 heteroatoms. The van der Waals surface area contributed by atoms with Gasteiger partial charge in [0.1, 0.15) is 6.67 Å². The van der Waals surface area contributed by atoms with Crippen LogP contribution in [-0.4, -0.2) is 4.98 Å². The van der Waals surface area contributed by atoms with Crippen LogP contribution in [0.3, 0.4) is 0 Å². The van der Waals surface area contributed by atoms with E-state index in [0.29, 0.717) is 11.1 Å². The number of rotatable bonds is 2. The number of hydrogen-bond acceptors (Lipinski definition) is 1. The lowest BCUT2D eigenvalue weighted by Crippen LogP contribution is -2.06. The summed E-state index contributed by atoms with van der Waals surface area (Å²) in [6.45, 7) is 0.846. The van der Waals surface area contributed by atoms with Gasteiger partial charge in [-0.1, -0.05) is 6.07 Å². The molecule has 0 radical (unpaired) electrons. The van der Waals surface area contributed by atoms with Crippen molar-refractivity contribution in [3.63, 3.8) is 0 Å². The lowest BCUT2D eigenvalue weighted by molar-refractivity contribution is -0.137. The molecule has 1 aromatic heterocycles. The number of benzene rings is 1. The maximum Gasteiger partial charge on any atom is 0.416 e. The third-order valence-electron chi connectivity index (χ3n) is 2.72. The molecule has 0 bridgehead atoms. The zero-order chi connectivity index (χ0) is 14.0. The monoisotopic (exact) mass is 269 g/mol. The van der Waals surface area contributed by atoms with Gasteiger partial charge in [-0.3, -0.25) is 4.98 Å². The highest BCUT2D eigenvalue weighted by Gasteiger charge is 2.31. The molecule has 0 saturated carbocycles. The van der Waals surface area contributed by atoms with Crippen molar-refractivity contribution in [3.05, 3.63) is 53.3 Å². The molecule has 0 aliphatic rings. The molecule has 100 valence electrons. The average molecular weight is 269 g/mol. The fraction of sp³-hybridized carbons (Fsp3) is 0.214. The Labute approximate surface area is 107 Å². The largest absolute Gasteiger partial charge is 0.416 e. The Hall–Kier alpha value is -1.91. The van der Waals surface area contributed by atoms with Gasteiger partial charge in [-0.15, -0.1) is 0 Å². The van der Waals surface area contributed by atoms with Crippen molar-refractivity contribution in [1.29, 1.82) is 0 Å². The molecule has 1 nitrogen and oxygen atoms in total. The SMILES string of the molecule is Cc1ccc(-c2cc(CF)cc(C(F)(F)F)c2)cn1. The first-order chi connectivity index (χ1) is 8.90. The first kappa shape index (κ1) is 13.5. The predicted octanol–water partition coefficient (Wildman–Crippen LogP) is 4.55. The van der Waals surface area contributed by atoms with Gasteiger partial charge >= 0.3 is 6.18 Å². The summed E-state index contributed by atoms with van der Waals surface area (Å²) in [5.41, 5.74) is 0.770. The van der Waals surface area contributed by atoms with Gasteiger partial charge in [0, 0.05) is 17.5 Å². The van der Waals surface area contributed by atoms with Crippen LogP contribution < -0.4 is 0 Å². The number of halogens is 4. The van der Waals surface area contributed by atoms with E-state index in [0.717, 1.165) is 17.8 Å². The molecular weight excluding hydrogens is 258 g/mol. The van der Waals surface area contributed by atoms with Crippen LogP contribution >= 0.6 is 0 Å². The quantitative estimate of drug-likeness (QED) is 0.729. The van der Waals surface area contributed by atoms with Crippen molar-refractivity contribution >= 4 is 0 Å². The summed E-state index contributed by atoms with van der Waals surface area (Å²) >= 11 is 0. The van der Waals surface area contributed by atoms with E-state index in [1.165, 1.54) is 12.3 Å². The fourth-order valence-corrected chi connectivity index (χ4v) is 1.74. The number of aryl methyl sites for hydroxylation is 1. The van der Waals surface area contributed by atoms with Crippen molar-refractivity contribution in [3.8, 4) is 11.1 Å². The minimum absolute atomic E-state index is 0.00500. The second-order valence-electron chi connectivity index (χ2n) is 4.24. The summed E-state index contributed by atoms with van der Waals surface area (Å²) in [4.78, 5) is 4.03. The van der Waals surface area contributed by atoms with E-state index in [4.69, 9.17) is 0 Å². The maximum atomic E-state index is 12.7. The Bertz CT molecular complexity index is 573. The highest BCUT2D eigenvalue weighted by atomic mass is 19.4. The summed E-state index contributed by atoms with van der Waals surface area (Å²) in [5.74, 6) is 0. The highest BCUT2D eigenvalue weighted by molar-refractivity contribution is 5.64. The number of alkyl halides is 4. The topological polar surface area (TPSA) is 12.9 Å². The van der Waals surface area contributed by atoms with Crippen LogP contribution in [0.1, 0.15) is 16.8 Å². The summed E-state index contributed by atoms with van der Waals surface area (Å²) in [5, 5.41) is 0. The lowest BCUT2D eigenvalue weighted by Gasteiger charge is -2.11. The molecule has 2 aromatic rings. The van der Waals surface area contributed by atoms with Gasteiger partial charge in [-0.25, -0.2) is 4.39 Å². The van der Waals surface area contributed by atoms with E-state index in [1.807, 2.05) is 0 Å². The molecule has 0 spiro atoms. The van der Waals surface area contributed by atoms with Gasteiger partial charge in [-0.2, -0.15) is 13.2 Å². The summed E-state index contributed by atoms with van der Waals surface area (Å²) < 4.78 is 50.8. The second-order valence-corrected chi connectivity index (χ2v) is 4.24. The lowest BCUT2D eigenvalue weighted by atomic mass is 10.0. The molecule has 0 fully saturated rings. The van der Waals surface area contributed by atoms with E-state index >= 15 is 0 Å². The first-order valence-corrected chi connectivity index (χ1v) is 5.60. The molecule has 0 atom stereocenters. The number of nitrogens with zero attached hydrogens (tertiary/aromatic N) is 1. The molecule has 0 aliphatic heterocycles. The van der Waals surface area contributed by atoms with E-state index in [9.17, 15) is 17.6 Å². The average Bonchev–Trinajstić information content (AvgIpc) is 2.38. The number of pyridine rings is 1. The molecule has 0 unspecified atom stereocenters. The number of aromatic nitrogens is 1. The highest BCUT2D eigenvalue weighted by Crippen LogP contribution is 2.33. The van der Waals surface area contributed by atoms with Crippen molar-refractivity contribution in [2.24, 2.45) is 0 Å². The van der Waals surface area contributed by atoms with Gasteiger partial charge in [0.15, 0.2) is 0 Å². The Morgan fingerprint density at radius 3 is 2.32 bits per heavy atom. The summed E-state index contributed by atoms with van der Waals surface area (Å²) in [6, 6.07) is 6.60. The molecule has 1 heterocycles. The van der Waals surface area contributed by atoms with Gasteiger partial charge in [-0.05, 0) is 42.3 Å². The van der Waals surface area contributed by atoms with Crippen LogP contribution in [0.25, 0.3) is 11.1 Å². The minimum atomic E-state index is -4.49. The van der Waals surface area contributed by atoms with E-state index in [-0.39, 0.29) is 5.56 Å². The van der Waals surface area contributed by atoms with E-state index < -0.39 is 18.4 Å². The van der Waals surface area contributed by atoms with Crippen molar-refractivity contribution in [2.75, 3.05) is 0 Å². The molecule has 0 saturated heterocycles. The molecule has 0 aliphatic carbocycles. The van der Waals surface area contributed by atoms with Crippen LogP contribution in [0.4, 0.5) is 17.6 Å². The molecule has 2 rings (SSSR count). The third-order valence-corrected chi connectivity index (χ3v) is 2.72. The van der Waals surface area contributed by atoms with Crippen LogP contribution in [0.15, 0.2) is 36.5 Å². The third kappa shape index (κ3) is 3.10. The zero-order valence-corrected chi connectivity index (χ0v) is 10.1. The smallest absolute Gasteiger partial charge is 0.261 e. The van der Waals surface area contributed by atoms with Gasteiger partial charge < -0.3 is 0 Å². The molecule has 1 aromatic carbocycles. The van der Waals surface area contributed by atoms with Crippen molar-refractivity contribution in [2.45, 2.75) is 19.8 Å². The second kappa shape index (κ2) is 4.99. The van der Waals surface area contributed by atoms with Crippen LogP contribution in [0, 0.1) is 6.92 Å². The van der Waals surface area contributed by atoms with Crippen LogP contribution in [-0.2, 0) is 12.9 Å². The summed E-state index contributed by atoms with van der Waals surface area (Å²) in [6.07, 6.45) is -3.01. The first-order valence-electron chi connectivity index (χ1n) is 5.60. The number of hydrogen-bond donors (Lipinski definition) is 0. The molecule has 0 N–H and O–H groups in total. The maximum absolute atomic E-state index is 12.7. The normalized spacial score (nSPS) is 11.6. The zero-order valence-electron chi connectivity index (χ0n) is 10.1. The van der Waals surface area contributed by atoms with Crippen molar-refractivity contribution < 1.29 is 17.6 Å². The molecular formula is C14H11F4N. The molecule has 0 amide bonds. The van der Waals surface area contributed by atoms with Crippen molar-refractivity contribution in [1.82, 2.24) is 4.98 Å². The standard InChI is InChI=1S/C14H11F4N/c1-9-2-3-11(8-19-9)12-4-10(7-15)5-13(6-12)14(16,17)18/h2-6,8H,7H2,1H3. The van der Waals surface area contributed by atoms with Gasteiger partial charge in [0.2, 0.25) is 0 Å². The van der Waals surface area contributed by atoms with Crippen LogP contribution in [0.5, 0.6) is 0 Å². The van der Waals surface area contributed by atoms with Gasteiger partial charge in [0.25, 0.3) is 0 Å².